The van der Waals surface area contributed by atoms with Crippen molar-refractivity contribution in [3.05, 3.63) is 30.3 Å². The minimum Gasteiger partial charge on any atom is -0.447 e. The van der Waals surface area contributed by atoms with Crippen molar-refractivity contribution in [1.29, 1.82) is 0 Å². The Morgan fingerprint density at radius 1 is 0.741 bits per heavy atom. The lowest BCUT2D eigenvalue weighted by Gasteiger charge is -2.19. The van der Waals surface area contributed by atoms with Crippen molar-refractivity contribution in [3.8, 4) is 0 Å². The molecule has 0 rings (SSSR count). The molecule has 0 aromatic heterocycles. The molecule has 0 aliphatic carbocycles. The van der Waals surface area contributed by atoms with Gasteiger partial charge in [0.1, 0.15) is 0 Å². The molecule has 0 fully saturated rings. The number of ether oxygens (including phenoxy) is 3. The molecular formula is C8H7F6N3O10. The monoisotopic (exact) mass is 419 g/mol. The molecule has 0 saturated carbocycles. The van der Waals surface area contributed by atoms with Crippen molar-refractivity contribution in [1.82, 2.24) is 0 Å². The molecule has 0 aromatic rings. The molecule has 27 heavy (non-hydrogen) atoms. The summed E-state index contributed by atoms with van der Waals surface area (Å²) in [6.07, 6.45) is -3.11. The Labute approximate surface area is 142 Å². The predicted octanol–water partition coefficient (Wildman–Crippen LogP) is 0.497. The van der Waals surface area contributed by atoms with Crippen LogP contribution in [0.5, 0.6) is 0 Å². The van der Waals surface area contributed by atoms with Crippen LogP contribution >= 0.6 is 0 Å². The van der Waals surface area contributed by atoms with Crippen LogP contribution in [0.1, 0.15) is 0 Å². The summed E-state index contributed by atoms with van der Waals surface area (Å²) in [6.45, 7) is -6.97. The summed E-state index contributed by atoms with van der Waals surface area (Å²) >= 11 is 0. The van der Waals surface area contributed by atoms with E-state index in [1.807, 2.05) is 0 Å². The second-order valence-electron chi connectivity index (χ2n) is 4.33. The van der Waals surface area contributed by atoms with Crippen LogP contribution in [0.15, 0.2) is 0 Å². The van der Waals surface area contributed by atoms with E-state index in [9.17, 15) is 61.5 Å². The lowest BCUT2D eigenvalue weighted by Crippen LogP contribution is -2.43. The topological polar surface area (TPSA) is 174 Å². The second-order valence-corrected chi connectivity index (χ2v) is 4.33. The average Bonchev–Trinajstić information content (AvgIpc) is 2.52. The minimum absolute atomic E-state index is 2.22. The summed E-state index contributed by atoms with van der Waals surface area (Å²) in [4.78, 5) is 34.5. The van der Waals surface area contributed by atoms with Crippen LogP contribution in [-0.4, -0.2) is 65.0 Å². The Kier molecular flexibility index (Phi) is 7.79. The zero-order chi connectivity index (χ0) is 21.6. The molecular weight excluding hydrogens is 412 g/mol. The first-order valence-electron chi connectivity index (χ1n) is 6.00. The van der Waals surface area contributed by atoms with Gasteiger partial charge in [-0.2, -0.15) is 0 Å². The van der Waals surface area contributed by atoms with Gasteiger partial charge in [0.15, 0.2) is 13.2 Å². The number of nitro groups is 3. The first kappa shape index (κ1) is 24.2. The van der Waals surface area contributed by atoms with Gasteiger partial charge in [-0.25, -0.2) is 4.79 Å². The highest BCUT2D eigenvalue weighted by atomic mass is 19.3. The molecule has 0 saturated heterocycles. The third-order valence-electron chi connectivity index (χ3n) is 2.20. The summed E-state index contributed by atoms with van der Waals surface area (Å²) in [5.41, 5.74) is 0. The van der Waals surface area contributed by atoms with Crippen LogP contribution in [0.4, 0.5) is 26.3 Å². The Morgan fingerprint density at radius 2 is 1.04 bits per heavy atom. The van der Waals surface area contributed by atoms with E-state index in [1.165, 1.54) is 0 Å². The van der Waals surface area contributed by atoms with Gasteiger partial charge in [-0.15, -0.1) is 26.3 Å². The number of rotatable bonds is 12. The Bertz CT molecular complexity index is 571. The fourth-order valence-corrected chi connectivity index (χ4v) is 0.920. The molecule has 0 spiro atoms. The maximum absolute atomic E-state index is 12.8. The van der Waals surface area contributed by atoms with Crippen LogP contribution in [0.3, 0.4) is 0 Å². The zero-order valence-electron chi connectivity index (χ0n) is 12.4. The summed E-state index contributed by atoms with van der Waals surface area (Å²) in [7, 11) is 0. The van der Waals surface area contributed by atoms with Crippen LogP contribution in [0.25, 0.3) is 0 Å². The fourth-order valence-electron chi connectivity index (χ4n) is 0.920. The number of carbonyl (C=O) groups excluding carboxylic acids is 1. The Balaban J connectivity index is 5.16. The molecule has 0 aliphatic rings. The smallest absolute Gasteiger partial charge is 0.447 e. The van der Waals surface area contributed by atoms with E-state index >= 15 is 0 Å². The molecule has 0 bridgehead atoms. The van der Waals surface area contributed by atoms with Crippen molar-refractivity contribution in [2.75, 3.05) is 19.8 Å². The predicted molar refractivity (Wildman–Crippen MR) is 62.5 cm³/mol. The van der Waals surface area contributed by atoms with Crippen LogP contribution < -0.4 is 0 Å². The average molecular weight is 419 g/mol. The second kappa shape index (κ2) is 8.70. The molecule has 0 aromatic carbocycles. The van der Waals surface area contributed by atoms with Gasteiger partial charge in [0, 0.05) is 0 Å². The number of esters is 1. The minimum atomic E-state index is -4.90. The third kappa shape index (κ3) is 7.52. The number of halogens is 6. The van der Waals surface area contributed by atoms with Gasteiger partial charge >= 0.3 is 24.1 Å². The molecule has 0 atom stereocenters. The first-order chi connectivity index (χ1) is 12.0. The quantitative estimate of drug-likeness (QED) is 0.108. The molecule has 19 heteroatoms. The summed E-state index contributed by atoms with van der Waals surface area (Å²) in [5.74, 6) is -2.32. The summed E-state index contributed by atoms with van der Waals surface area (Å²) in [5, 5.41) is 29.9. The van der Waals surface area contributed by atoms with Gasteiger partial charge in [-0.05, 0) is 0 Å². The molecule has 0 unspecified atom stereocenters. The van der Waals surface area contributed by atoms with E-state index in [2.05, 4.69) is 14.2 Å². The van der Waals surface area contributed by atoms with Gasteiger partial charge in [0.2, 0.25) is 6.61 Å². The molecule has 0 aliphatic heterocycles. The molecule has 0 radical (unpaired) electrons. The highest BCUT2D eigenvalue weighted by Gasteiger charge is 2.50. The zero-order valence-corrected chi connectivity index (χ0v) is 12.4. The van der Waals surface area contributed by atoms with Crippen LogP contribution in [0.2, 0.25) is 0 Å². The first-order valence-corrected chi connectivity index (χ1v) is 6.00. The fraction of sp³-hybridized carbons (Fsp3) is 0.875. The summed E-state index contributed by atoms with van der Waals surface area (Å²) in [6, 6.07) is -14.7. The molecule has 156 valence electrons. The van der Waals surface area contributed by atoms with E-state index in [4.69, 9.17) is 0 Å². The molecule has 0 amide bonds. The van der Waals surface area contributed by atoms with Gasteiger partial charge in [-0.3, -0.25) is 30.3 Å². The third-order valence-corrected chi connectivity index (χ3v) is 2.20. The largest absolute Gasteiger partial charge is 0.545 e. The van der Waals surface area contributed by atoms with Crippen molar-refractivity contribution in [2.45, 2.75) is 24.4 Å². The van der Waals surface area contributed by atoms with E-state index < -0.39 is 65.0 Å². The van der Waals surface area contributed by atoms with E-state index in [0.717, 1.165) is 0 Å². The van der Waals surface area contributed by atoms with Crippen molar-refractivity contribution in [3.63, 3.8) is 0 Å². The maximum Gasteiger partial charge on any atom is 0.545 e. The standard InChI is InChI=1S/C8H7F6N3O10/c9-6(10,15(19)20)1-25-4(18)5(26-2-7(11,12)16(21)22)27-3-8(13,14)17(23)24/h5H,1-3H2. The maximum atomic E-state index is 12.8. The van der Waals surface area contributed by atoms with Gasteiger partial charge in [0.25, 0.3) is 6.29 Å². The van der Waals surface area contributed by atoms with Gasteiger partial charge < -0.3 is 14.2 Å². The number of hydrogen-bond acceptors (Lipinski definition) is 10. The SMILES string of the molecule is O=C(OCC(F)(F)[N+](=O)[O-])C(OCC(F)(F)[N+](=O)[O-])OCC(F)(F)[N+](=O)[O-]. The molecule has 0 N–H and O–H groups in total. The molecule has 0 heterocycles. The lowest BCUT2D eigenvalue weighted by atomic mass is 10.5. The number of nitrogens with zero attached hydrogens (tertiary/aromatic N) is 3. The molecule has 13 nitrogen and oxygen atoms in total. The van der Waals surface area contributed by atoms with Gasteiger partial charge in [-0.1, -0.05) is 0 Å². The van der Waals surface area contributed by atoms with E-state index in [0.29, 0.717) is 0 Å². The van der Waals surface area contributed by atoms with Crippen molar-refractivity contribution in [2.24, 2.45) is 0 Å². The Hall–Kier alpha value is -2.83. The van der Waals surface area contributed by atoms with Crippen LogP contribution in [-0.2, 0) is 19.0 Å². The van der Waals surface area contributed by atoms with Crippen LogP contribution in [0, 0.1) is 30.3 Å². The summed E-state index contributed by atoms with van der Waals surface area (Å²) < 4.78 is 87.5. The van der Waals surface area contributed by atoms with Crippen molar-refractivity contribution >= 4 is 5.97 Å². The normalized spacial score (nSPS) is 12.7. The van der Waals surface area contributed by atoms with Crippen molar-refractivity contribution < 1.29 is 60.1 Å². The van der Waals surface area contributed by atoms with E-state index in [1.54, 1.807) is 0 Å². The number of carbonyl (C=O) groups is 1. The highest BCUT2D eigenvalue weighted by Crippen LogP contribution is 2.20. The Morgan fingerprint density at radius 3 is 1.33 bits per heavy atom. The number of alkyl halides is 6. The van der Waals surface area contributed by atoms with Gasteiger partial charge in [0.05, 0.1) is 14.8 Å². The number of hydrogen-bond donors (Lipinski definition) is 0. The van der Waals surface area contributed by atoms with E-state index in [-0.39, 0.29) is 0 Å². The highest BCUT2D eigenvalue weighted by molar-refractivity contribution is 5.73. The lowest BCUT2D eigenvalue weighted by molar-refractivity contribution is -0.653.